The highest BCUT2D eigenvalue weighted by atomic mass is 32.2. The van der Waals surface area contributed by atoms with Crippen LogP contribution in [0.3, 0.4) is 0 Å². The van der Waals surface area contributed by atoms with E-state index < -0.39 is 0 Å². The molecular formula is C16H25NOS. The molecule has 1 saturated heterocycles. The Labute approximate surface area is 121 Å². The number of nitrogens with one attached hydrogen (secondary N) is 1. The third-order valence-electron chi connectivity index (χ3n) is 3.52. The molecule has 1 heterocycles. The highest BCUT2D eigenvalue weighted by Gasteiger charge is 2.21. The van der Waals surface area contributed by atoms with E-state index in [1.54, 1.807) is 0 Å². The maximum absolute atomic E-state index is 5.78. The predicted octanol–water partition coefficient (Wildman–Crippen LogP) is 3.72. The molecule has 2 atom stereocenters. The molecule has 0 aromatic heterocycles. The summed E-state index contributed by atoms with van der Waals surface area (Å²) in [5.74, 6) is 1.14. The molecule has 0 spiro atoms. The van der Waals surface area contributed by atoms with Crippen LogP contribution in [0.4, 0.5) is 0 Å². The maximum atomic E-state index is 5.78. The fraction of sp³-hybridized carbons (Fsp3) is 0.625. The predicted molar refractivity (Wildman–Crippen MR) is 82.8 cm³/mol. The Hall–Kier alpha value is -0.510. The zero-order valence-corrected chi connectivity index (χ0v) is 12.6. The van der Waals surface area contributed by atoms with E-state index in [0.29, 0.717) is 12.1 Å². The summed E-state index contributed by atoms with van der Waals surface area (Å²) in [5.41, 5.74) is 0. The largest absolute Gasteiger partial charge is 0.378 e. The van der Waals surface area contributed by atoms with Crippen LogP contribution >= 0.6 is 11.8 Å². The summed E-state index contributed by atoms with van der Waals surface area (Å²) in [6.45, 7) is 4.24. The van der Waals surface area contributed by atoms with Crippen LogP contribution in [0.2, 0.25) is 0 Å². The Morgan fingerprint density at radius 3 is 2.95 bits per heavy atom. The van der Waals surface area contributed by atoms with Crippen molar-refractivity contribution in [2.45, 2.75) is 49.6 Å². The minimum atomic E-state index is 0.484. The van der Waals surface area contributed by atoms with Gasteiger partial charge in [0.2, 0.25) is 0 Å². The molecule has 0 aliphatic carbocycles. The van der Waals surface area contributed by atoms with Gasteiger partial charge in [-0.05, 0) is 31.4 Å². The minimum Gasteiger partial charge on any atom is -0.378 e. The van der Waals surface area contributed by atoms with Gasteiger partial charge in [-0.1, -0.05) is 31.5 Å². The van der Waals surface area contributed by atoms with Gasteiger partial charge in [0.25, 0.3) is 0 Å². The summed E-state index contributed by atoms with van der Waals surface area (Å²) in [6, 6.07) is 11.3. The number of hydrogen-bond acceptors (Lipinski definition) is 3. The van der Waals surface area contributed by atoms with Crippen LogP contribution in [0.25, 0.3) is 0 Å². The van der Waals surface area contributed by atoms with Crippen molar-refractivity contribution in [2.24, 2.45) is 0 Å². The molecule has 2 nitrogen and oxygen atoms in total. The molecule has 3 heteroatoms. The lowest BCUT2D eigenvalue weighted by Gasteiger charge is -2.30. The fourth-order valence-corrected chi connectivity index (χ4v) is 3.34. The number of ether oxygens (including phenoxy) is 1. The van der Waals surface area contributed by atoms with Gasteiger partial charge in [-0.25, -0.2) is 0 Å². The van der Waals surface area contributed by atoms with Gasteiger partial charge in [0.05, 0.1) is 6.10 Å². The summed E-state index contributed by atoms with van der Waals surface area (Å²) in [6.07, 6.45) is 5.26. The van der Waals surface area contributed by atoms with Gasteiger partial charge in [-0.2, -0.15) is 0 Å². The molecule has 106 valence electrons. The molecule has 0 radical (unpaired) electrons. The van der Waals surface area contributed by atoms with Crippen LogP contribution in [0.1, 0.15) is 32.6 Å². The summed E-state index contributed by atoms with van der Waals surface area (Å²) >= 11 is 1.93. The maximum Gasteiger partial charge on any atom is 0.0589 e. The zero-order chi connectivity index (χ0) is 13.3. The molecule has 0 amide bonds. The van der Waals surface area contributed by atoms with Crippen molar-refractivity contribution < 1.29 is 4.74 Å². The van der Waals surface area contributed by atoms with Gasteiger partial charge in [-0.3, -0.25) is 0 Å². The number of rotatable bonds is 7. The Morgan fingerprint density at radius 2 is 2.16 bits per heavy atom. The van der Waals surface area contributed by atoms with Crippen molar-refractivity contribution in [2.75, 3.05) is 18.9 Å². The zero-order valence-electron chi connectivity index (χ0n) is 11.8. The topological polar surface area (TPSA) is 21.3 Å². The SMILES string of the molecule is CCCC1CC(NCCSc2ccccc2)CCO1. The van der Waals surface area contributed by atoms with Gasteiger partial charge in [0, 0.05) is 29.8 Å². The Bertz CT molecular complexity index is 342. The van der Waals surface area contributed by atoms with Crippen molar-refractivity contribution in [1.82, 2.24) is 5.32 Å². The smallest absolute Gasteiger partial charge is 0.0589 e. The van der Waals surface area contributed by atoms with E-state index in [0.717, 1.165) is 25.3 Å². The van der Waals surface area contributed by atoms with Crippen molar-refractivity contribution in [1.29, 1.82) is 0 Å². The Morgan fingerprint density at radius 1 is 1.32 bits per heavy atom. The monoisotopic (exact) mass is 279 g/mol. The first kappa shape index (κ1) is 14.9. The lowest BCUT2D eigenvalue weighted by atomic mass is 10.0. The minimum absolute atomic E-state index is 0.484. The second-order valence-electron chi connectivity index (χ2n) is 5.12. The molecule has 1 aliphatic rings. The summed E-state index contributed by atoms with van der Waals surface area (Å²) in [7, 11) is 0. The van der Waals surface area contributed by atoms with Crippen LogP contribution in [-0.2, 0) is 4.74 Å². The lowest BCUT2D eigenvalue weighted by Crippen LogP contribution is -2.39. The molecule has 2 rings (SSSR count). The lowest BCUT2D eigenvalue weighted by molar-refractivity contribution is -0.00277. The van der Waals surface area contributed by atoms with E-state index in [-0.39, 0.29) is 0 Å². The summed E-state index contributed by atoms with van der Waals surface area (Å²) < 4.78 is 5.78. The highest BCUT2D eigenvalue weighted by molar-refractivity contribution is 7.99. The molecule has 1 aromatic rings. The van der Waals surface area contributed by atoms with E-state index in [1.807, 2.05) is 11.8 Å². The van der Waals surface area contributed by atoms with Crippen LogP contribution in [0, 0.1) is 0 Å². The second kappa shape index (κ2) is 8.62. The van der Waals surface area contributed by atoms with Crippen molar-refractivity contribution in [3.63, 3.8) is 0 Å². The third-order valence-corrected chi connectivity index (χ3v) is 4.54. The first-order chi connectivity index (χ1) is 9.38. The molecule has 0 saturated carbocycles. The van der Waals surface area contributed by atoms with E-state index in [9.17, 15) is 0 Å². The summed E-state index contributed by atoms with van der Waals surface area (Å²) in [5, 5.41) is 3.68. The average molecular weight is 279 g/mol. The first-order valence-corrected chi connectivity index (χ1v) is 8.40. The van der Waals surface area contributed by atoms with Gasteiger partial charge in [0.1, 0.15) is 0 Å². The molecular weight excluding hydrogens is 254 g/mol. The quantitative estimate of drug-likeness (QED) is 0.607. The molecule has 1 fully saturated rings. The number of thioether (sulfide) groups is 1. The summed E-state index contributed by atoms with van der Waals surface area (Å²) in [4.78, 5) is 1.36. The van der Waals surface area contributed by atoms with Crippen LogP contribution in [-0.4, -0.2) is 31.1 Å². The Balaban J connectivity index is 1.60. The van der Waals surface area contributed by atoms with Gasteiger partial charge >= 0.3 is 0 Å². The van der Waals surface area contributed by atoms with E-state index in [1.165, 1.54) is 24.2 Å². The standard InChI is InChI=1S/C16H25NOS/c1-2-6-15-13-14(9-11-18-15)17-10-12-19-16-7-4-3-5-8-16/h3-5,7-8,14-15,17H,2,6,9-13H2,1H3. The normalized spacial score (nSPS) is 23.4. The van der Waals surface area contributed by atoms with E-state index in [2.05, 4.69) is 42.6 Å². The number of hydrogen-bond donors (Lipinski definition) is 1. The third kappa shape index (κ3) is 5.55. The van der Waals surface area contributed by atoms with Crippen LogP contribution in [0.5, 0.6) is 0 Å². The fourth-order valence-electron chi connectivity index (χ4n) is 2.54. The molecule has 2 unspecified atom stereocenters. The van der Waals surface area contributed by atoms with Crippen molar-refractivity contribution >= 4 is 11.8 Å². The second-order valence-corrected chi connectivity index (χ2v) is 6.29. The van der Waals surface area contributed by atoms with Crippen LogP contribution < -0.4 is 5.32 Å². The molecule has 1 aromatic carbocycles. The number of benzene rings is 1. The molecule has 1 N–H and O–H groups in total. The van der Waals surface area contributed by atoms with E-state index >= 15 is 0 Å². The van der Waals surface area contributed by atoms with Crippen molar-refractivity contribution in [3.05, 3.63) is 30.3 Å². The molecule has 1 aliphatic heterocycles. The first-order valence-electron chi connectivity index (χ1n) is 7.41. The van der Waals surface area contributed by atoms with Gasteiger partial charge < -0.3 is 10.1 Å². The Kier molecular flexibility index (Phi) is 6.75. The molecule has 0 bridgehead atoms. The van der Waals surface area contributed by atoms with Crippen LogP contribution in [0.15, 0.2) is 35.2 Å². The molecule has 19 heavy (non-hydrogen) atoms. The van der Waals surface area contributed by atoms with Gasteiger partial charge in [0.15, 0.2) is 0 Å². The average Bonchev–Trinajstić information content (AvgIpc) is 2.46. The van der Waals surface area contributed by atoms with Gasteiger partial charge in [-0.15, -0.1) is 11.8 Å². The van der Waals surface area contributed by atoms with E-state index in [4.69, 9.17) is 4.74 Å². The highest BCUT2D eigenvalue weighted by Crippen LogP contribution is 2.19. The van der Waals surface area contributed by atoms with Crippen molar-refractivity contribution in [3.8, 4) is 0 Å².